The average Bonchev–Trinajstić information content (AvgIpc) is 3.79. The topological polar surface area (TPSA) is 26.0 Å². The van der Waals surface area contributed by atoms with Crippen molar-refractivity contribution in [2.45, 2.75) is 0 Å². The molecule has 0 amide bonds. The quantitative estimate of drug-likeness (QED) is 0.175. The highest BCUT2D eigenvalue weighted by Gasteiger charge is 2.31. The molecule has 0 N–H and O–H groups in total. The van der Waals surface area contributed by atoms with Crippen LogP contribution in [0.25, 0.3) is 89.0 Å². The van der Waals surface area contributed by atoms with Crippen molar-refractivity contribution in [2.75, 3.05) is 4.90 Å². The lowest BCUT2D eigenvalue weighted by molar-refractivity contribution is 1.13. The summed E-state index contributed by atoms with van der Waals surface area (Å²) in [5, 5.41) is 3.73. The van der Waals surface area contributed by atoms with Gasteiger partial charge in [0.15, 0.2) is 0 Å². The van der Waals surface area contributed by atoms with Gasteiger partial charge in [-0.15, -0.1) is 0 Å². The molecule has 0 bridgehead atoms. The second kappa shape index (κ2) is 13.3. The summed E-state index contributed by atoms with van der Waals surface area (Å²) in [6.45, 7) is 0. The van der Waals surface area contributed by atoms with Crippen LogP contribution in [0.5, 0.6) is 0 Å². The molecule has 0 saturated carbocycles. The maximum atomic E-state index is 5.33. The maximum Gasteiger partial charge on any atom is 0.0710 e. The predicted octanol–water partition coefficient (Wildman–Crippen LogP) is 14.6. The van der Waals surface area contributed by atoms with E-state index < -0.39 is 0 Å². The number of anilines is 3. The molecule has 0 atom stereocenters. The van der Waals surface area contributed by atoms with Gasteiger partial charge in [-0.2, -0.15) is 0 Å². The molecule has 0 aliphatic carbocycles. The second-order valence-corrected chi connectivity index (χ2v) is 15.2. The Morgan fingerprint density at radius 1 is 0.322 bits per heavy atom. The van der Waals surface area contributed by atoms with E-state index in [0.717, 1.165) is 51.0 Å². The molecular formula is C55H36N4. The van der Waals surface area contributed by atoms with Gasteiger partial charge in [-0.1, -0.05) is 140 Å². The first-order valence-corrected chi connectivity index (χ1v) is 20.1. The number of hydrogen-bond acceptors (Lipinski definition) is 2. The number of benzene rings is 8. The number of fused-ring (bicyclic) bond motifs is 10. The molecule has 11 aromatic rings. The van der Waals surface area contributed by atoms with Crippen LogP contribution >= 0.6 is 0 Å². The number of nitrogens with zero attached hydrogens (tertiary/aromatic N) is 4. The molecule has 4 heteroatoms. The van der Waals surface area contributed by atoms with Crippen LogP contribution in [-0.2, 0) is 0 Å². The molecule has 8 aromatic carbocycles. The van der Waals surface area contributed by atoms with Crippen LogP contribution in [0, 0.1) is 0 Å². The van der Waals surface area contributed by atoms with Crippen molar-refractivity contribution >= 4 is 49.8 Å². The van der Waals surface area contributed by atoms with E-state index in [-0.39, 0.29) is 0 Å². The molecule has 0 spiro atoms. The van der Waals surface area contributed by atoms with E-state index in [0.29, 0.717) is 0 Å². The number of rotatable bonds is 5. The molecule has 0 radical (unpaired) electrons. The Morgan fingerprint density at radius 2 is 0.797 bits per heavy atom. The van der Waals surface area contributed by atoms with Crippen LogP contribution in [0.3, 0.4) is 0 Å². The van der Waals surface area contributed by atoms with Gasteiger partial charge >= 0.3 is 0 Å². The summed E-state index contributed by atoms with van der Waals surface area (Å²) in [5.74, 6) is 0. The van der Waals surface area contributed by atoms with Crippen molar-refractivity contribution in [1.82, 2.24) is 14.1 Å². The zero-order valence-corrected chi connectivity index (χ0v) is 32.1. The standard InChI is InChI=1S/C55H36N4/c1-2-19-39(20-3-1)59-52-33-12-7-26-45(52)54-44-25-6-11-32-51(44)58(53-34-13-8-27-46(53)55(54)59)41-22-15-18-38(36-41)48-29-16-28-47(56-48)37-17-14-21-40(35-37)57-49-30-9-4-23-42(49)43-24-5-10-31-50(43)57/h1-36H. The zero-order chi connectivity index (χ0) is 38.9. The molecule has 1 aliphatic rings. The molecule has 276 valence electrons. The summed E-state index contributed by atoms with van der Waals surface area (Å²) < 4.78 is 4.80. The van der Waals surface area contributed by atoms with Crippen molar-refractivity contribution in [3.63, 3.8) is 0 Å². The third-order valence-electron chi connectivity index (χ3n) is 11.8. The van der Waals surface area contributed by atoms with Gasteiger partial charge in [-0.05, 0) is 78.9 Å². The lowest BCUT2D eigenvalue weighted by atomic mass is 9.98. The van der Waals surface area contributed by atoms with Gasteiger partial charge in [0, 0.05) is 61.0 Å². The van der Waals surface area contributed by atoms with Crippen molar-refractivity contribution in [1.29, 1.82) is 0 Å². The summed E-state index contributed by atoms with van der Waals surface area (Å²) in [7, 11) is 0. The van der Waals surface area contributed by atoms with Gasteiger partial charge in [0.1, 0.15) is 0 Å². The minimum atomic E-state index is 0.924. The summed E-state index contributed by atoms with van der Waals surface area (Å²) >= 11 is 0. The fourth-order valence-electron chi connectivity index (χ4n) is 9.34. The van der Waals surface area contributed by atoms with Crippen LogP contribution in [0.4, 0.5) is 17.1 Å². The Bertz CT molecular complexity index is 3350. The molecule has 59 heavy (non-hydrogen) atoms. The fraction of sp³-hybridized carbons (Fsp3) is 0. The van der Waals surface area contributed by atoms with E-state index in [4.69, 9.17) is 4.98 Å². The molecule has 1 aliphatic heterocycles. The Hall–Kier alpha value is -7.95. The highest BCUT2D eigenvalue weighted by atomic mass is 15.2. The summed E-state index contributed by atoms with van der Waals surface area (Å²) in [6.07, 6.45) is 0. The summed E-state index contributed by atoms with van der Waals surface area (Å²) in [5.41, 5.74) is 17.9. The lowest BCUT2D eigenvalue weighted by Crippen LogP contribution is -2.11. The van der Waals surface area contributed by atoms with E-state index in [1.54, 1.807) is 0 Å². The molecular weight excluding hydrogens is 717 g/mol. The van der Waals surface area contributed by atoms with E-state index in [9.17, 15) is 0 Å². The smallest absolute Gasteiger partial charge is 0.0710 e. The van der Waals surface area contributed by atoms with E-state index in [1.165, 1.54) is 55.1 Å². The van der Waals surface area contributed by atoms with Gasteiger partial charge in [0.05, 0.1) is 45.0 Å². The van der Waals surface area contributed by atoms with Crippen LogP contribution in [0.1, 0.15) is 0 Å². The van der Waals surface area contributed by atoms with Gasteiger partial charge in [-0.25, -0.2) is 4.98 Å². The van der Waals surface area contributed by atoms with Crippen LogP contribution in [-0.4, -0.2) is 14.1 Å². The maximum absolute atomic E-state index is 5.33. The zero-order valence-electron chi connectivity index (χ0n) is 32.1. The van der Waals surface area contributed by atoms with Crippen molar-refractivity contribution in [3.8, 4) is 56.3 Å². The first-order chi connectivity index (χ1) is 29.3. The van der Waals surface area contributed by atoms with E-state index in [2.05, 4.69) is 232 Å². The van der Waals surface area contributed by atoms with Crippen molar-refractivity contribution in [3.05, 3.63) is 218 Å². The molecule has 4 nitrogen and oxygen atoms in total. The minimum absolute atomic E-state index is 0.924. The second-order valence-electron chi connectivity index (χ2n) is 15.2. The average molecular weight is 753 g/mol. The van der Waals surface area contributed by atoms with Gasteiger partial charge in [-0.3, -0.25) is 0 Å². The third kappa shape index (κ3) is 5.20. The summed E-state index contributed by atoms with van der Waals surface area (Å²) in [4.78, 5) is 7.75. The Kier molecular flexibility index (Phi) is 7.50. The van der Waals surface area contributed by atoms with Crippen molar-refractivity contribution < 1.29 is 0 Å². The van der Waals surface area contributed by atoms with Gasteiger partial charge < -0.3 is 14.0 Å². The van der Waals surface area contributed by atoms with Crippen LogP contribution < -0.4 is 4.90 Å². The van der Waals surface area contributed by atoms with Gasteiger partial charge in [0.2, 0.25) is 0 Å². The first-order valence-electron chi connectivity index (χ1n) is 20.1. The molecule has 3 aromatic heterocycles. The normalized spacial score (nSPS) is 12.0. The minimum Gasteiger partial charge on any atom is -0.309 e. The first kappa shape index (κ1) is 33.2. The van der Waals surface area contributed by atoms with Gasteiger partial charge in [0.25, 0.3) is 0 Å². The number of hydrogen-bond donors (Lipinski definition) is 0. The van der Waals surface area contributed by atoms with Crippen LogP contribution in [0.15, 0.2) is 218 Å². The van der Waals surface area contributed by atoms with Crippen molar-refractivity contribution in [2.24, 2.45) is 0 Å². The Balaban J connectivity index is 0.993. The van der Waals surface area contributed by atoms with Crippen LogP contribution in [0.2, 0.25) is 0 Å². The number of pyridine rings is 1. The summed E-state index contributed by atoms with van der Waals surface area (Å²) in [6, 6.07) is 78.4. The fourth-order valence-corrected chi connectivity index (χ4v) is 9.34. The highest BCUT2D eigenvalue weighted by molar-refractivity contribution is 6.13. The molecule has 4 heterocycles. The lowest BCUT2D eigenvalue weighted by Gasteiger charge is -2.28. The molecule has 0 unspecified atom stereocenters. The third-order valence-corrected chi connectivity index (χ3v) is 11.8. The monoisotopic (exact) mass is 752 g/mol. The highest BCUT2D eigenvalue weighted by Crippen LogP contribution is 2.54. The largest absolute Gasteiger partial charge is 0.309 e. The molecule has 0 saturated heterocycles. The Morgan fingerprint density at radius 3 is 1.47 bits per heavy atom. The number of para-hydroxylation sites is 6. The Labute approximate surface area is 342 Å². The predicted molar refractivity (Wildman–Crippen MR) is 245 cm³/mol. The SMILES string of the molecule is c1ccc(-n2c3c(c4ccccc42)-c2ccccc2N(c2cccc(-c4cccc(-c5cccc(-n6c7ccccc7c7ccccc76)c5)n4)c2)c2ccccc2-3)cc1. The molecule has 12 rings (SSSR count). The van der Waals surface area contributed by atoms with E-state index in [1.807, 2.05) is 0 Å². The number of aromatic nitrogens is 3. The van der Waals surface area contributed by atoms with E-state index >= 15 is 0 Å². The molecule has 0 fully saturated rings.